The molecule has 3 N–H and O–H groups in total. The highest BCUT2D eigenvalue weighted by atomic mass is 32.2. The number of hydrogen-bond acceptors (Lipinski definition) is 3. The van der Waals surface area contributed by atoms with Crippen LogP contribution < -0.4 is 16.0 Å². The van der Waals surface area contributed by atoms with Crippen LogP contribution in [0, 0.1) is 5.92 Å². The molecule has 0 saturated heterocycles. The largest absolute Gasteiger partial charge is 0.356 e. The van der Waals surface area contributed by atoms with Gasteiger partial charge in [0.1, 0.15) is 0 Å². The van der Waals surface area contributed by atoms with E-state index >= 15 is 0 Å². The number of amides is 1. The zero-order valence-electron chi connectivity index (χ0n) is 12.0. The van der Waals surface area contributed by atoms with Gasteiger partial charge in [-0.05, 0) is 37.7 Å². The fraction of sp³-hybridized carbons (Fsp3) is 0.846. The summed E-state index contributed by atoms with van der Waals surface area (Å²) in [6.07, 6.45) is 6.61. The molecule has 1 fully saturated rings. The van der Waals surface area contributed by atoms with Gasteiger partial charge in [-0.25, -0.2) is 0 Å². The van der Waals surface area contributed by atoms with Crippen molar-refractivity contribution in [3.05, 3.63) is 0 Å². The molecule has 0 aliphatic heterocycles. The number of nitrogens with zero attached hydrogens (tertiary/aromatic N) is 1. The Hall–Kier alpha value is -0.910. The Morgan fingerprint density at radius 1 is 1.16 bits per heavy atom. The van der Waals surface area contributed by atoms with Gasteiger partial charge in [0.2, 0.25) is 5.91 Å². The molecule has 0 heterocycles. The lowest BCUT2D eigenvalue weighted by Gasteiger charge is -2.12. The molecule has 0 spiro atoms. The number of hydrogen-bond donors (Lipinski definition) is 3. The van der Waals surface area contributed by atoms with Gasteiger partial charge in [-0.15, -0.1) is 0 Å². The van der Waals surface area contributed by atoms with Gasteiger partial charge in [-0.1, -0.05) is 0 Å². The van der Waals surface area contributed by atoms with E-state index in [0.717, 1.165) is 31.8 Å². The fourth-order valence-corrected chi connectivity index (χ4v) is 2.15. The molecular weight excluding hydrogens is 260 g/mol. The molecule has 110 valence electrons. The molecule has 1 rings (SSSR count). The van der Waals surface area contributed by atoms with E-state index in [-0.39, 0.29) is 11.8 Å². The monoisotopic (exact) mass is 286 g/mol. The minimum absolute atomic E-state index is 0.196. The van der Waals surface area contributed by atoms with Crippen LogP contribution in [0.5, 0.6) is 0 Å². The summed E-state index contributed by atoms with van der Waals surface area (Å²) in [6, 6.07) is 0. The van der Waals surface area contributed by atoms with Crippen molar-refractivity contribution in [3.63, 3.8) is 0 Å². The van der Waals surface area contributed by atoms with Crippen LogP contribution in [0.25, 0.3) is 0 Å². The zero-order valence-corrected chi connectivity index (χ0v) is 12.8. The zero-order chi connectivity index (χ0) is 13.9. The van der Waals surface area contributed by atoms with Gasteiger partial charge in [0.15, 0.2) is 5.96 Å². The standard InChI is InChI=1S/C13H26N4OS/c1-14-13(16-7-3-4-10-19-2)17-9-8-15-12(18)11-5-6-11/h11H,3-10H2,1-2H3,(H,15,18)(H2,14,16,17). The number of guanidine groups is 1. The molecule has 19 heavy (non-hydrogen) atoms. The van der Waals surface area contributed by atoms with Crippen LogP contribution in [0.15, 0.2) is 4.99 Å². The molecule has 6 heteroatoms. The van der Waals surface area contributed by atoms with Gasteiger partial charge in [-0.2, -0.15) is 11.8 Å². The Balaban J connectivity index is 1.96. The molecule has 1 amide bonds. The molecule has 0 atom stereocenters. The lowest BCUT2D eigenvalue weighted by atomic mass is 10.3. The van der Waals surface area contributed by atoms with E-state index in [0.29, 0.717) is 13.1 Å². The molecule has 5 nitrogen and oxygen atoms in total. The maximum Gasteiger partial charge on any atom is 0.223 e. The predicted molar refractivity (Wildman–Crippen MR) is 82.7 cm³/mol. The summed E-state index contributed by atoms with van der Waals surface area (Å²) in [4.78, 5) is 15.6. The van der Waals surface area contributed by atoms with Crippen LogP contribution in [-0.2, 0) is 4.79 Å². The topological polar surface area (TPSA) is 65.5 Å². The number of unbranched alkanes of at least 4 members (excludes halogenated alkanes) is 1. The van der Waals surface area contributed by atoms with Crippen molar-refractivity contribution in [1.82, 2.24) is 16.0 Å². The Kier molecular flexibility index (Phi) is 8.45. The van der Waals surface area contributed by atoms with Gasteiger partial charge < -0.3 is 16.0 Å². The van der Waals surface area contributed by atoms with Gasteiger partial charge in [0, 0.05) is 32.6 Å². The van der Waals surface area contributed by atoms with E-state index in [1.54, 1.807) is 7.05 Å². The van der Waals surface area contributed by atoms with E-state index in [1.807, 2.05) is 11.8 Å². The number of aliphatic imine (C=N–C) groups is 1. The summed E-state index contributed by atoms with van der Waals surface area (Å²) >= 11 is 1.88. The smallest absolute Gasteiger partial charge is 0.223 e. The predicted octanol–water partition coefficient (Wildman–Crippen LogP) is 0.821. The number of thioether (sulfide) groups is 1. The van der Waals surface area contributed by atoms with Crippen molar-refractivity contribution in [2.75, 3.05) is 38.7 Å². The lowest BCUT2D eigenvalue weighted by Crippen LogP contribution is -2.42. The lowest BCUT2D eigenvalue weighted by molar-refractivity contribution is -0.122. The third kappa shape index (κ3) is 7.97. The van der Waals surface area contributed by atoms with E-state index in [9.17, 15) is 4.79 Å². The summed E-state index contributed by atoms with van der Waals surface area (Å²) in [6.45, 7) is 2.31. The summed E-state index contributed by atoms with van der Waals surface area (Å²) in [7, 11) is 1.76. The van der Waals surface area contributed by atoms with Gasteiger partial charge >= 0.3 is 0 Å². The molecule has 1 aliphatic carbocycles. The summed E-state index contributed by atoms with van der Waals surface area (Å²) in [5, 5.41) is 9.38. The van der Waals surface area contributed by atoms with Crippen molar-refractivity contribution in [3.8, 4) is 0 Å². The molecule has 0 radical (unpaired) electrons. The van der Waals surface area contributed by atoms with Crippen molar-refractivity contribution in [2.45, 2.75) is 25.7 Å². The van der Waals surface area contributed by atoms with E-state index in [1.165, 1.54) is 12.2 Å². The fourth-order valence-electron chi connectivity index (χ4n) is 1.66. The highest BCUT2D eigenvalue weighted by Gasteiger charge is 2.28. The minimum atomic E-state index is 0.196. The molecule has 1 aliphatic rings. The second-order valence-electron chi connectivity index (χ2n) is 4.69. The molecule has 0 bridgehead atoms. The first-order valence-electron chi connectivity index (χ1n) is 6.99. The van der Waals surface area contributed by atoms with Gasteiger partial charge in [-0.3, -0.25) is 9.79 Å². The first kappa shape index (κ1) is 16.1. The quantitative estimate of drug-likeness (QED) is 0.333. The highest BCUT2D eigenvalue weighted by Crippen LogP contribution is 2.28. The number of rotatable bonds is 9. The second kappa shape index (κ2) is 9.95. The number of carbonyl (C=O) groups excluding carboxylic acids is 1. The Morgan fingerprint density at radius 3 is 2.47 bits per heavy atom. The summed E-state index contributed by atoms with van der Waals surface area (Å²) in [5.41, 5.74) is 0. The SMILES string of the molecule is CN=C(NCCCCSC)NCCNC(=O)C1CC1. The Bertz CT molecular complexity index is 292. The molecular formula is C13H26N4OS. The third-order valence-corrected chi connectivity index (χ3v) is 3.65. The van der Waals surface area contributed by atoms with Crippen LogP contribution in [0.3, 0.4) is 0 Å². The molecule has 1 saturated carbocycles. The van der Waals surface area contributed by atoms with Gasteiger partial charge in [0.25, 0.3) is 0 Å². The van der Waals surface area contributed by atoms with Crippen molar-refractivity contribution < 1.29 is 4.79 Å². The highest BCUT2D eigenvalue weighted by molar-refractivity contribution is 7.98. The van der Waals surface area contributed by atoms with Crippen LogP contribution in [0.1, 0.15) is 25.7 Å². The van der Waals surface area contributed by atoms with Crippen LogP contribution in [0.4, 0.5) is 0 Å². The average molecular weight is 286 g/mol. The molecule has 0 aromatic carbocycles. The maximum atomic E-state index is 11.4. The van der Waals surface area contributed by atoms with E-state index in [4.69, 9.17) is 0 Å². The van der Waals surface area contributed by atoms with Crippen LogP contribution >= 0.6 is 11.8 Å². The van der Waals surface area contributed by atoms with Crippen LogP contribution in [0.2, 0.25) is 0 Å². The summed E-state index contributed by atoms with van der Waals surface area (Å²) in [5.74, 6) is 2.50. The Morgan fingerprint density at radius 2 is 1.84 bits per heavy atom. The molecule has 0 unspecified atom stereocenters. The first-order chi connectivity index (χ1) is 9.27. The summed E-state index contributed by atoms with van der Waals surface area (Å²) < 4.78 is 0. The second-order valence-corrected chi connectivity index (χ2v) is 5.68. The normalized spacial score (nSPS) is 15.2. The molecule has 0 aromatic rings. The van der Waals surface area contributed by atoms with E-state index < -0.39 is 0 Å². The van der Waals surface area contributed by atoms with Crippen molar-refractivity contribution in [1.29, 1.82) is 0 Å². The van der Waals surface area contributed by atoms with E-state index in [2.05, 4.69) is 27.2 Å². The minimum Gasteiger partial charge on any atom is -0.356 e. The average Bonchev–Trinajstić information content (AvgIpc) is 3.25. The third-order valence-electron chi connectivity index (χ3n) is 2.96. The first-order valence-corrected chi connectivity index (χ1v) is 8.38. The Labute approximate surface area is 120 Å². The van der Waals surface area contributed by atoms with Crippen molar-refractivity contribution in [2.24, 2.45) is 10.9 Å². The van der Waals surface area contributed by atoms with Gasteiger partial charge in [0.05, 0.1) is 0 Å². The molecule has 0 aromatic heterocycles. The number of nitrogens with one attached hydrogen (secondary N) is 3. The number of carbonyl (C=O) groups is 1. The maximum absolute atomic E-state index is 11.4. The van der Waals surface area contributed by atoms with Crippen LogP contribution in [-0.4, -0.2) is 50.6 Å². The van der Waals surface area contributed by atoms with Crippen molar-refractivity contribution >= 4 is 23.6 Å².